The van der Waals surface area contributed by atoms with Crippen LogP contribution in [-0.4, -0.2) is 18.4 Å². The Morgan fingerprint density at radius 1 is 1.10 bits per heavy atom. The first kappa shape index (κ1) is 21.6. The topological polar surface area (TPSA) is 85.6 Å². The van der Waals surface area contributed by atoms with Gasteiger partial charge in [-0.1, -0.05) is 48.9 Å². The lowest BCUT2D eigenvalue weighted by Gasteiger charge is -2.10. The molecule has 0 radical (unpaired) electrons. The van der Waals surface area contributed by atoms with Gasteiger partial charge in [-0.15, -0.1) is 0 Å². The third-order valence-electron chi connectivity index (χ3n) is 4.63. The minimum atomic E-state index is -0.522. The molecule has 6 nitrogen and oxygen atoms in total. The summed E-state index contributed by atoms with van der Waals surface area (Å²) < 4.78 is 10.5. The molecule has 0 spiro atoms. The molecule has 7 heteroatoms. The molecule has 2 aromatic carbocycles. The smallest absolute Gasteiger partial charge is 0.336 e. The van der Waals surface area contributed by atoms with Crippen molar-refractivity contribution in [2.45, 2.75) is 32.8 Å². The fourth-order valence-corrected chi connectivity index (χ4v) is 3.35. The van der Waals surface area contributed by atoms with Crippen molar-refractivity contribution in [3.63, 3.8) is 0 Å². The summed E-state index contributed by atoms with van der Waals surface area (Å²) in [7, 11) is 0. The maximum atomic E-state index is 12.0. The van der Waals surface area contributed by atoms with Gasteiger partial charge in [0.1, 0.15) is 12.2 Å². The number of benzene rings is 2. The molecular formula is C23H22ClNO5. The normalized spacial score (nSPS) is 10.7. The zero-order valence-corrected chi connectivity index (χ0v) is 17.3. The largest absolute Gasteiger partial charge is 0.461 e. The van der Waals surface area contributed by atoms with Crippen LogP contribution in [0.5, 0.6) is 0 Å². The highest BCUT2D eigenvalue weighted by Crippen LogP contribution is 2.26. The number of hydrogen-bond donors (Lipinski definition) is 1. The molecule has 0 aliphatic rings. The van der Waals surface area contributed by atoms with E-state index in [0.717, 1.165) is 11.1 Å². The summed E-state index contributed by atoms with van der Waals surface area (Å²) in [4.78, 5) is 35.8. The van der Waals surface area contributed by atoms with Crippen molar-refractivity contribution in [2.75, 3.05) is 6.54 Å². The molecule has 1 aromatic heterocycles. The summed E-state index contributed by atoms with van der Waals surface area (Å²) in [6, 6.07) is 14.1. The molecule has 156 valence electrons. The van der Waals surface area contributed by atoms with Crippen molar-refractivity contribution in [3.8, 4) is 0 Å². The van der Waals surface area contributed by atoms with Crippen LogP contribution < -0.4 is 10.9 Å². The van der Waals surface area contributed by atoms with Crippen LogP contribution in [0.3, 0.4) is 0 Å². The van der Waals surface area contributed by atoms with E-state index in [-0.39, 0.29) is 31.9 Å². The summed E-state index contributed by atoms with van der Waals surface area (Å²) in [6.45, 7) is 2.05. The van der Waals surface area contributed by atoms with Gasteiger partial charge in [0.15, 0.2) is 0 Å². The Hall–Kier alpha value is -3.12. The van der Waals surface area contributed by atoms with Crippen molar-refractivity contribution in [1.29, 1.82) is 0 Å². The van der Waals surface area contributed by atoms with Crippen LogP contribution in [0, 0.1) is 0 Å². The fourth-order valence-electron chi connectivity index (χ4n) is 3.06. The number of nitrogens with one attached hydrogen (secondary N) is 1. The van der Waals surface area contributed by atoms with E-state index < -0.39 is 11.6 Å². The minimum Gasteiger partial charge on any atom is -0.461 e. The Labute approximate surface area is 178 Å². The molecule has 1 N–H and O–H groups in total. The average Bonchev–Trinajstić information content (AvgIpc) is 2.72. The number of aryl methyl sites for hydroxylation is 1. The Morgan fingerprint density at radius 2 is 1.87 bits per heavy atom. The number of esters is 1. The van der Waals surface area contributed by atoms with Crippen LogP contribution in [0.25, 0.3) is 11.0 Å². The summed E-state index contributed by atoms with van der Waals surface area (Å²) in [6.07, 6.45) is 0.983. The number of fused-ring (bicyclic) bond motifs is 1. The van der Waals surface area contributed by atoms with Gasteiger partial charge >= 0.3 is 11.6 Å². The van der Waals surface area contributed by atoms with E-state index in [9.17, 15) is 14.4 Å². The van der Waals surface area contributed by atoms with E-state index in [0.29, 0.717) is 28.0 Å². The lowest BCUT2D eigenvalue weighted by molar-refractivity contribution is -0.144. The first-order valence-electron chi connectivity index (χ1n) is 9.67. The van der Waals surface area contributed by atoms with Crippen molar-refractivity contribution < 1.29 is 18.7 Å². The average molecular weight is 428 g/mol. The zero-order chi connectivity index (χ0) is 21.5. The molecule has 1 amide bonds. The highest BCUT2D eigenvalue weighted by molar-refractivity contribution is 6.32. The Kier molecular flexibility index (Phi) is 7.25. The third-order valence-corrected chi connectivity index (χ3v) is 4.98. The fraction of sp³-hybridized carbons (Fsp3) is 0.261. The van der Waals surface area contributed by atoms with Crippen LogP contribution in [0.15, 0.2) is 57.7 Å². The zero-order valence-electron chi connectivity index (χ0n) is 16.6. The van der Waals surface area contributed by atoms with Gasteiger partial charge in [0.25, 0.3) is 0 Å². The molecule has 1 heterocycles. The second-order valence-corrected chi connectivity index (χ2v) is 7.21. The predicted molar refractivity (Wildman–Crippen MR) is 114 cm³/mol. The molecule has 0 fully saturated rings. The van der Waals surface area contributed by atoms with Crippen LogP contribution in [0.4, 0.5) is 0 Å². The number of amides is 1. The van der Waals surface area contributed by atoms with Gasteiger partial charge in [-0.05, 0) is 29.7 Å². The van der Waals surface area contributed by atoms with Gasteiger partial charge in [0.2, 0.25) is 5.91 Å². The van der Waals surface area contributed by atoms with Gasteiger partial charge in [-0.3, -0.25) is 9.59 Å². The summed E-state index contributed by atoms with van der Waals surface area (Å²) in [5.74, 6) is -0.644. The number of ether oxygens (including phenoxy) is 1. The van der Waals surface area contributed by atoms with Crippen LogP contribution in [-0.2, 0) is 33.8 Å². The summed E-state index contributed by atoms with van der Waals surface area (Å²) in [5, 5.41) is 3.89. The quantitative estimate of drug-likeness (QED) is 0.436. The minimum absolute atomic E-state index is 0.0284. The first-order valence-corrected chi connectivity index (χ1v) is 10.1. The SMILES string of the molecule is CCc1cc2oc(=O)cc(COC(=O)CCNC(=O)Cc3ccccc3)c2cc1Cl. The Balaban J connectivity index is 1.54. The molecule has 0 aliphatic carbocycles. The molecule has 0 saturated heterocycles. The lowest BCUT2D eigenvalue weighted by atomic mass is 10.1. The van der Waals surface area contributed by atoms with Gasteiger partial charge in [-0.25, -0.2) is 4.79 Å². The van der Waals surface area contributed by atoms with Crippen molar-refractivity contribution in [3.05, 3.63) is 80.7 Å². The molecule has 0 unspecified atom stereocenters. The number of hydrogen-bond acceptors (Lipinski definition) is 5. The molecule has 30 heavy (non-hydrogen) atoms. The van der Waals surface area contributed by atoms with Gasteiger partial charge in [-0.2, -0.15) is 0 Å². The number of carbonyl (C=O) groups is 2. The van der Waals surface area contributed by atoms with E-state index in [1.54, 1.807) is 12.1 Å². The molecule has 0 atom stereocenters. The highest BCUT2D eigenvalue weighted by atomic mass is 35.5. The van der Waals surface area contributed by atoms with E-state index >= 15 is 0 Å². The molecule has 3 rings (SSSR count). The molecule has 0 bridgehead atoms. The van der Waals surface area contributed by atoms with Crippen LogP contribution in [0.1, 0.15) is 30.0 Å². The van der Waals surface area contributed by atoms with Crippen molar-refractivity contribution in [1.82, 2.24) is 5.32 Å². The standard InChI is InChI=1S/C23H22ClNO5/c1-2-16-11-20-18(13-19(16)24)17(12-23(28)30-20)14-29-22(27)8-9-25-21(26)10-15-6-4-3-5-7-15/h3-7,11-13H,2,8-10,14H2,1H3,(H,25,26). The Bertz CT molecular complexity index is 1110. The predicted octanol–water partition coefficient (Wildman–Crippen LogP) is 3.80. The van der Waals surface area contributed by atoms with Crippen LogP contribution >= 0.6 is 11.6 Å². The highest BCUT2D eigenvalue weighted by Gasteiger charge is 2.12. The van der Waals surface area contributed by atoms with Crippen molar-refractivity contribution in [2.24, 2.45) is 0 Å². The van der Waals surface area contributed by atoms with E-state index in [2.05, 4.69) is 5.32 Å². The van der Waals surface area contributed by atoms with Crippen molar-refractivity contribution >= 4 is 34.4 Å². The molecule has 0 saturated carbocycles. The molecule has 3 aromatic rings. The monoisotopic (exact) mass is 427 g/mol. The second-order valence-electron chi connectivity index (χ2n) is 6.81. The maximum Gasteiger partial charge on any atom is 0.336 e. The number of rotatable bonds is 8. The van der Waals surface area contributed by atoms with E-state index in [1.807, 2.05) is 37.3 Å². The lowest BCUT2D eigenvalue weighted by Crippen LogP contribution is -2.27. The number of carbonyl (C=O) groups excluding carboxylic acids is 2. The van der Waals surface area contributed by atoms with Gasteiger partial charge in [0, 0.05) is 28.6 Å². The van der Waals surface area contributed by atoms with Gasteiger partial charge in [0.05, 0.1) is 12.8 Å². The first-order chi connectivity index (χ1) is 14.5. The third kappa shape index (κ3) is 5.70. The van der Waals surface area contributed by atoms with E-state index in [1.165, 1.54) is 6.07 Å². The molecule has 0 aliphatic heterocycles. The summed E-state index contributed by atoms with van der Waals surface area (Å²) >= 11 is 6.27. The molecular weight excluding hydrogens is 406 g/mol. The summed E-state index contributed by atoms with van der Waals surface area (Å²) in [5.41, 5.74) is 2.17. The maximum absolute atomic E-state index is 12.0. The Morgan fingerprint density at radius 3 is 2.60 bits per heavy atom. The van der Waals surface area contributed by atoms with Gasteiger partial charge < -0.3 is 14.5 Å². The second kappa shape index (κ2) is 10.1. The van der Waals surface area contributed by atoms with Crippen LogP contribution in [0.2, 0.25) is 5.02 Å². The number of halogens is 1. The van der Waals surface area contributed by atoms with E-state index in [4.69, 9.17) is 20.8 Å².